The minimum atomic E-state index is -0.237. The van der Waals surface area contributed by atoms with Gasteiger partial charge in [0, 0.05) is 37.7 Å². The Hall–Kier alpha value is -2.83. The summed E-state index contributed by atoms with van der Waals surface area (Å²) in [5.41, 5.74) is 2.77. The molecule has 1 saturated heterocycles. The Bertz CT molecular complexity index is 1010. The summed E-state index contributed by atoms with van der Waals surface area (Å²) < 4.78 is 5.21. The molecule has 0 aliphatic carbocycles. The SMILES string of the molecule is CCN1CCN(C2=C(c3ccc(Cl)cc3)C(=O)N(CCc3ccc(OC)cc3)C2=O)CC1. The fourth-order valence-electron chi connectivity index (χ4n) is 4.26. The van der Waals surface area contributed by atoms with Gasteiger partial charge in [-0.25, -0.2) is 0 Å². The van der Waals surface area contributed by atoms with Crippen LogP contribution in [-0.4, -0.2) is 72.9 Å². The van der Waals surface area contributed by atoms with Gasteiger partial charge in [0.25, 0.3) is 11.8 Å². The van der Waals surface area contributed by atoms with Crippen LogP contribution in [0.1, 0.15) is 18.1 Å². The van der Waals surface area contributed by atoms with Gasteiger partial charge in [0.1, 0.15) is 11.4 Å². The summed E-state index contributed by atoms with van der Waals surface area (Å²) in [6.07, 6.45) is 0.590. The highest BCUT2D eigenvalue weighted by Gasteiger charge is 2.41. The van der Waals surface area contributed by atoms with Crippen molar-refractivity contribution in [2.24, 2.45) is 0 Å². The number of amides is 2. The zero-order valence-corrected chi connectivity index (χ0v) is 19.3. The maximum absolute atomic E-state index is 13.5. The molecule has 2 aromatic carbocycles. The Kier molecular flexibility index (Phi) is 6.82. The molecule has 2 heterocycles. The molecular weight excluding hydrogens is 426 g/mol. The minimum absolute atomic E-state index is 0.210. The molecule has 0 spiro atoms. The largest absolute Gasteiger partial charge is 0.497 e. The molecule has 0 atom stereocenters. The number of hydrogen-bond donors (Lipinski definition) is 0. The molecule has 4 rings (SSSR count). The van der Waals surface area contributed by atoms with Crippen LogP contribution >= 0.6 is 11.6 Å². The van der Waals surface area contributed by atoms with Crippen LogP contribution in [-0.2, 0) is 16.0 Å². The third-order valence-electron chi connectivity index (χ3n) is 6.20. The molecule has 0 aromatic heterocycles. The van der Waals surface area contributed by atoms with Crippen molar-refractivity contribution in [3.8, 4) is 5.75 Å². The van der Waals surface area contributed by atoms with Crippen LogP contribution in [0.4, 0.5) is 0 Å². The standard InChI is InChI=1S/C25H28ClN3O3/c1-3-27-14-16-28(17-15-27)23-22(19-6-8-20(26)9-7-19)24(30)29(25(23)31)13-12-18-4-10-21(32-2)11-5-18/h4-11H,3,12-17H2,1-2H3. The molecule has 32 heavy (non-hydrogen) atoms. The summed E-state index contributed by atoms with van der Waals surface area (Å²) >= 11 is 6.07. The zero-order chi connectivity index (χ0) is 22.7. The van der Waals surface area contributed by atoms with E-state index >= 15 is 0 Å². The van der Waals surface area contributed by atoms with Crippen LogP contribution in [0, 0.1) is 0 Å². The summed E-state index contributed by atoms with van der Waals surface area (Å²) in [6.45, 7) is 6.66. The van der Waals surface area contributed by atoms with E-state index in [1.807, 2.05) is 36.4 Å². The van der Waals surface area contributed by atoms with Gasteiger partial charge in [-0.15, -0.1) is 0 Å². The summed E-state index contributed by atoms with van der Waals surface area (Å²) in [5.74, 6) is 0.333. The molecule has 6 nitrogen and oxygen atoms in total. The Balaban J connectivity index is 1.59. The Morgan fingerprint density at radius 2 is 1.56 bits per heavy atom. The van der Waals surface area contributed by atoms with Crippen LogP contribution in [0.2, 0.25) is 5.02 Å². The van der Waals surface area contributed by atoms with E-state index < -0.39 is 0 Å². The van der Waals surface area contributed by atoms with Crippen LogP contribution in [0.5, 0.6) is 5.75 Å². The second kappa shape index (κ2) is 9.76. The number of benzene rings is 2. The van der Waals surface area contributed by atoms with Crippen LogP contribution in [0.25, 0.3) is 5.57 Å². The lowest BCUT2D eigenvalue weighted by Crippen LogP contribution is -2.47. The number of halogens is 1. The van der Waals surface area contributed by atoms with Crippen molar-refractivity contribution in [3.05, 3.63) is 70.4 Å². The van der Waals surface area contributed by atoms with E-state index in [0.29, 0.717) is 29.3 Å². The molecule has 0 saturated carbocycles. The topological polar surface area (TPSA) is 53.1 Å². The molecule has 168 valence electrons. The summed E-state index contributed by atoms with van der Waals surface area (Å²) in [7, 11) is 1.63. The molecule has 7 heteroatoms. The number of rotatable bonds is 7. The van der Waals surface area contributed by atoms with Gasteiger partial charge < -0.3 is 14.5 Å². The first-order valence-electron chi connectivity index (χ1n) is 11.0. The molecule has 1 fully saturated rings. The Morgan fingerprint density at radius 3 is 2.16 bits per heavy atom. The highest BCUT2D eigenvalue weighted by atomic mass is 35.5. The molecule has 2 aliphatic rings. The van der Waals surface area contributed by atoms with Crippen molar-refractivity contribution in [2.75, 3.05) is 46.4 Å². The first-order valence-corrected chi connectivity index (χ1v) is 11.4. The monoisotopic (exact) mass is 453 g/mol. The van der Waals surface area contributed by atoms with Crippen molar-refractivity contribution < 1.29 is 14.3 Å². The molecule has 2 aromatic rings. The molecular formula is C25H28ClN3O3. The van der Waals surface area contributed by atoms with Gasteiger partial charge in [0.2, 0.25) is 0 Å². The maximum atomic E-state index is 13.5. The number of hydrogen-bond acceptors (Lipinski definition) is 5. The first kappa shape index (κ1) is 22.4. The van der Waals surface area contributed by atoms with Crippen LogP contribution in [0.3, 0.4) is 0 Å². The number of carbonyl (C=O) groups is 2. The van der Waals surface area contributed by atoms with Gasteiger partial charge in [-0.2, -0.15) is 0 Å². The molecule has 2 aliphatic heterocycles. The third-order valence-corrected chi connectivity index (χ3v) is 6.45. The van der Waals surface area contributed by atoms with E-state index in [0.717, 1.165) is 49.6 Å². The van der Waals surface area contributed by atoms with E-state index in [4.69, 9.17) is 16.3 Å². The smallest absolute Gasteiger partial charge is 0.277 e. The predicted octanol–water partition coefficient (Wildman–Crippen LogP) is 3.31. The highest BCUT2D eigenvalue weighted by molar-refractivity contribution is 6.36. The number of likely N-dealkylation sites (N-methyl/N-ethyl adjacent to an activating group) is 1. The molecule has 0 N–H and O–H groups in total. The maximum Gasteiger partial charge on any atom is 0.277 e. The van der Waals surface area contributed by atoms with Gasteiger partial charge in [0.15, 0.2) is 0 Å². The van der Waals surface area contributed by atoms with E-state index in [-0.39, 0.29) is 11.8 Å². The molecule has 0 unspecified atom stereocenters. The second-order valence-corrected chi connectivity index (χ2v) is 8.45. The number of piperazine rings is 1. The van der Waals surface area contributed by atoms with Crippen molar-refractivity contribution in [1.82, 2.24) is 14.7 Å². The summed E-state index contributed by atoms with van der Waals surface area (Å²) in [6, 6.07) is 14.8. The van der Waals surface area contributed by atoms with Gasteiger partial charge >= 0.3 is 0 Å². The van der Waals surface area contributed by atoms with Crippen molar-refractivity contribution in [1.29, 1.82) is 0 Å². The average molecular weight is 454 g/mol. The van der Waals surface area contributed by atoms with E-state index in [9.17, 15) is 9.59 Å². The number of ether oxygens (including phenoxy) is 1. The highest BCUT2D eigenvalue weighted by Crippen LogP contribution is 2.33. The predicted molar refractivity (Wildman–Crippen MR) is 125 cm³/mol. The van der Waals surface area contributed by atoms with Crippen LogP contribution in [0.15, 0.2) is 54.2 Å². The fourth-order valence-corrected chi connectivity index (χ4v) is 4.38. The Labute approximate surface area is 194 Å². The normalized spacial score (nSPS) is 17.5. The first-order chi connectivity index (χ1) is 15.5. The van der Waals surface area contributed by atoms with Crippen LogP contribution < -0.4 is 4.74 Å². The van der Waals surface area contributed by atoms with Gasteiger partial charge in [-0.3, -0.25) is 14.5 Å². The number of nitrogens with zero attached hydrogens (tertiary/aromatic N) is 3. The van der Waals surface area contributed by atoms with Gasteiger partial charge in [-0.1, -0.05) is 42.8 Å². The second-order valence-electron chi connectivity index (χ2n) is 8.01. The number of imide groups is 1. The van der Waals surface area contributed by atoms with Crippen molar-refractivity contribution >= 4 is 29.0 Å². The minimum Gasteiger partial charge on any atom is -0.497 e. The molecule has 0 radical (unpaired) electrons. The summed E-state index contributed by atoms with van der Waals surface area (Å²) in [5, 5.41) is 0.598. The number of methoxy groups -OCH3 is 1. The zero-order valence-electron chi connectivity index (χ0n) is 18.5. The van der Waals surface area contributed by atoms with E-state index in [1.165, 1.54) is 4.90 Å². The average Bonchev–Trinajstić information content (AvgIpc) is 3.08. The lowest BCUT2D eigenvalue weighted by atomic mass is 10.0. The quantitative estimate of drug-likeness (QED) is 0.602. The van der Waals surface area contributed by atoms with Crippen molar-refractivity contribution in [2.45, 2.75) is 13.3 Å². The lowest BCUT2D eigenvalue weighted by Gasteiger charge is -2.36. The van der Waals surface area contributed by atoms with E-state index in [2.05, 4.69) is 16.7 Å². The lowest BCUT2D eigenvalue weighted by molar-refractivity contribution is -0.137. The molecule has 0 bridgehead atoms. The Morgan fingerprint density at radius 1 is 0.906 bits per heavy atom. The van der Waals surface area contributed by atoms with Gasteiger partial charge in [-0.05, 0) is 48.4 Å². The fraction of sp³-hybridized carbons (Fsp3) is 0.360. The van der Waals surface area contributed by atoms with Crippen molar-refractivity contribution in [3.63, 3.8) is 0 Å². The summed E-state index contributed by atoms with van der Waals surface area (Å²) in [4.78, 5) is 32.7. The number of carbonyl (C=O) groups excluding carboxylic acids is 2. The third kappa shape index (κ3) is 4.52. The molecule has 2 amide bonds. The van der Waals surface area contributed by atoms with Gasteiger partial charge in [0.05, 0.1) is 12.7 Å². The van der Waals surface area contributed by atoms with E-state index in [1.54, 1.807) is 19.2 Å².